The van der Waals surface area contributed by atoms with Gasteiger partial charge in [-0.25, -0.2) is 8.78 Å². The molecule has 1 aliphatic heterocycles. The van der Waals surface area contributed by atoms with Crippen LogP contribution in [-0.2, 0) is 4.08 Å². The normalized spacial score (nSPS) is 17.6. The van der Waals surface area contributed by atoms with Crippen LogP contribution < -0.4 is 0 Å². The molecule has 2 heterocycles. The Morgan fingerprint density at radius 1 is 1.11 bits per heavy atom. The van der Waals surface area contributed by atoms with E-state index in [1.54, 1.807) is 42.0 Å². The van der Waals surface area contributed by atoms with Crippen molar-refractivity contribution in [2.24, 2.45) is 0 Å². The maximum atomic E-state index is 14.1. The first-order valence-electron chi connectivity index (χ1n) is 5.86. The number of thioether (sulfide) groups is 2. The SMILES string of the molecule is Fc1ccc(C2(c3cccnc3)SCCS2)c(F)c1. The zero-order chi connectivity index (χ0) is 13.3. The molecule has 1 nitrogen and oxygen atoms in total. The van der Waals surface area contributed by atoms with Gasteiger partial charge in [0, 0.05) is 41.1 Å². The van der Waals surface area contributed by atoms with Crippen LogP contribution in [0.5, 0.6) is 0 Å². The highest BCUT2D eigenvalue weighted by molar-refractivity contribution is 8.20. The van der Waals surface area contributed by atoms with Gasteiger partial charge in [0.2, 0.25) is 0 Å². The van der Waals surface area contributed by atoms with Crippen molar-refractivity contribution in [2.75, 3.05) is 11.5 Å². The second-order valence-corrected chi connectivity index (χ2v) is 7.06. The standard InChI is InChI=1S/C14H11F2NS2/c15-11-3-4-12(13(16)8-11)14(18-6-7-19-14)10-2-1-5-17-9-10/h1-5,8-9H,6-7H2. The maximum absolute atomic E-state index is 14.1. The molecule has 0 bridgehead atoms. The van der Waals surface area contributed by atoms with Crippen LogP contribution in [0.25, 0.3) is 0 Å². The molecule has 1 fully saturated rings. The van der Waals surface area contributed by atoms with E-state index in [1.165, 1.54) is 6.07 Å². The molecule has 19 heavy (non-hydrogen) atoms. The topological polar surface area (TPSA) is 12.9 Å². The van der Waals surface area contributed by atoms with Crippen molar-refractivity contribution in [2.45, 2.75) is 4.08 Å². The average Bonchev–Trinajstić information content (AvgIpc) is 2.90. The molecule has 0 radical (unpaired) electrons. The van der Waals surface area contributed by atoms with E-state index in [0.29, 0.717) is 5.56 Å². The van der Waals surface area contributed by atoms with Gasteiger partial charge >= 0.3 is 0 Å². The molecular weight excluding hydrogens is 284 g/mol. The van der Waals surface area contributed by atoms with Crippen molar-refractivity contribution < 1.29 is 8.78 Å². The van der Waals surface area contributed by atoms with E-state index in [0.717, 1.165) is 23.1 Å². The van der Waals surface area contributed by atoms with Gasteiger partial charge in [0.15, 0.2) is 0 Å². The van der Waals surface area contributed by atoms with E-state index in [2.05, 4.69) is 4.98 Å². The molecule has 1 aliphatic rings. The van der Waals surface area contributed by atoms with Crippen LogP contribution in [0.2, 0.25) is 0 Å². The first-order valence-corrected chi connectivity index (χ1v) is 7.83. The van der Waals surface area contributed by atoms with Gasteiger partial charge in [-0.15, -0.1) is 23.5 Å². The predicted molar refractivity (Wildman–Crippen MR) is 76.3 cm³/mol. The fraction of sp³-hybridized carbons (Fsp3) is 0.214. The van der Waals surface area contributed by atoms with Crippen molar-refractivity contribution in [3.63, 3.8) is 0 Å². The minimum absolute atomic E-state index is 0.495. The summed E-state index contributed by atoms with van der Waals surface area (Å²) in [5.74, 6) is 0.841. The second-order valence-electron chi connectivity index (χ2n) is 4.18. The number of halogens is 2. The van der Waals surface area contributed by atoms with Gasteiger partial charge in [-0.05, 0) is 12.1 Å². The molecule has 0 atom stereocenters. The number of rotatable bonds is 2. The number of nitrogens with zero attached hydrogens (tertiary/aromatic N) is 1. The zero-order valence-corrected chi connectivity index (χ0v) is 11.6. The van der Waals surface area contributed by atoms with Gasteiger partial charge in [0.1, 0.15) is 15.7 Å². The van der Waals surface area contributed by atoms with Crippen LogP contribution in [0.15, 0.2) is 42.7 Å². The first kappa shape index (κ1) is 12.9. The quantitative estimate of drug-likeness (QED) is 0.830. The first-order chi connectivity index (χ1) is 9.22. The summed E-state index contributed by atoms with van der Waals surface area (Å²) in [5, 5.41) is 0. The number of hydrogen-bond acceptors (Lipinski definition) is 3. The van der Waals surface area contributed by atoms with Gasteiger partial charge in [-0.2, -0.15) is 0 Å². The summed E-state index contributed by atoms with van der Waals surface area (Å²) in [6, 6.07) is 7.60. The highest BCUT2D eigenvalue weighted by Gasteiger charge is 2.41. The Kier molecular flexibility index (Phi) is 3.50. The lowest BCUT2D eigenvalue weighted by Gasteiger charge is -2.28. The van der Waals surface area contributed by atoms with Crippen molar-refractivity contribution >= 4 is 23.5 Å². The summed E-state index contributed by atoms with van der Waals surface area (Å²) in [6.07, 6.45) is 3.45. The molecule has 0 aliphatic carbocycles. The largest absolute Gasteiger partial charge is 0.264 e. The molecule has 5 heteroatoms. The predicted octanol–water partition coefficient (Wildman–Crippen LogP) is 4.04. The van der Waals surface area contributed by atoms with E-state index in [4.69, 9.17) is 0 Å². The Hall–Kier alpha value is -1.07. The Bertz CT molecular complexity index is 583. The summed E-state index contributed by atoms with van der Waals surface area (Å²) in [7, 11) is 0. The van der Waals surface area contributed by atoms with E-state index in [9.17, 15) is 8.78 Å². The van der Waals surface area contributed by atoms with Gasteiger partial charge in [-0.3, -0.25) is 4.98 Å². The third-order valence-corrected chi connectivity index (χ3v) is 6.53. The van der Waals surface area contributed by atoms with Crippen molar-refractivity contribution in [1.29, 1.82) is 0 Å². The average molecular weight is 295 g/mol. The molecule has 0 spiro atoms. The van der Waals surface area contributed by atoms with Crippen LogP contribution in [0, 0.1) is 11.6 Å². The van der Waals surface area contributed by atoms with Crippen LogP contribution in [0.1, 0.15) is 11.1 Å². The molecule has 98 valence electrons. The van der Waals surface area contributed by atoms with E-state index in [-0.39, 0.29) is 0 Å². The number of aromatic nitrogens is 1. The fourth-order valence-corrected chi connectivity index (χ4v) is 5.50. The summed E-state index contributed by atoms with van der Waals surface area (Å²) >= 11 is 3.35. The molecule has 1 aromatic carbocycles. The number of benzene rings is 1. The Labute approximate surface area is 118 Å². The summed E-state index contributed by atoms with van der Waals surface area (Å²) < 4.78 is 26.7. The lowest BCUT2D eigenvalue weighted by atomic mass is 10.0. The molecule has 1 saturated heterocycles. The number of pyridine rings is 1. The van der Waals surface area contributed by atoms with Gasteiger partial charge in [0.25, 0.3) is 0 Å². The van der Waals surface area contributed by atoms with Crippen LogP contribution >= 0.6 is 23.5 Å². The van der Waals surface area contributed by atoms with Crippen molar-refractivity contribution in [3.8, 4) is 0 Å². The molecule has 0 amide bonds. The molecule has 3 rings (SSSR count). The Balaban J connectivity index is 2.16. The van der Waals surface area contributed by atoms with Crippen LogP contribution in [-0.4, -0.2) is 16.5 Å². The monoisotopic (exact) mass is 295 g/mol. The molecule has 2 aromatic rings. The van der Waals surface area contributed by atoms with Gasteiger partial charge in [-0.1, -0.05) is 12.1 Å². The van der Waals surface area contributed by atoms with E-state index >= 15 is 0 Å². The minimum Gasteiger partial charge on any atom is -0.264 e. The number of hydrogen-bond donors (Lipinski definition) is 0. The summed E-state index contributed by atoms with van der Waals surface area (Å²) in [5.41, 5.74) is 1.47. The highest BCUT2D eigenvalue weighted by Crippen LogP contribution is 2.56. The Morgan fingerprint density at radius 3 is 2.53 bits per heavy atom. The highest BCUT2D eigenvalue weighted by atomic mass is 32.2. The minimum atomic E-state index is -0.546. The lowest BCUT2D eigenvalue weighted by Crippen LogP contribution is -2.18. The van der Waals surface area contributed by atoms with Gasteiger partial charge in [0.05, 0.1) is 0 Å². The zero-order valence-electron chi connectivity index (χ0n) is 9.98. The summed E-state index contributed by atoms with van der Waals surface area (Å²) in [4.78, 5) is 4.12. The molecule has 0 unspecified atom stereocenters. The second kappa shape index (κ2) is 5.13. The molecule has 0 saturated carbocycles. The van der Waals surface area contributed by atoms with E-state index < -0.39 is 15.7 Å². The van der Waals surface area contributed by atoms with Crippen molar-refractivity contribution in [3.05, 3.63) is 65.5 Å². The third kappa shape index (κ3) is 2.25. The van der Waals surface area contributed by atoms with Crippen LogP contribution in [0.4, 0.5) is 8.78 Å². The maximum Gasteiger partial charge on any atom is 0.131 e. The molecular formula is C14H11F2NS2. The fourth-order valence-electron chi connectivity index (χ4n) is 2.20. The van der Waals surface area contributed by atoms with E-state index in [1.807, 2.05) is 12.1 Å². The molecule has 0 N–H and O–H groups in total. The smallest absolute Gasteiger partial charge is 0.131 e. The third-order valence-electron chi connectivity index (χ3n) is 3.02. The molecule has 1 aromatic heterocycles. The lowest BCUT2D eigenvalue weighted by molar-refractivity contribution is 0.572. The Morgan fingerprint density at radius 2 is 1.89 bits per heavy atom. The van der Waals surface area contributed by atoms with Crippen molar-refractivity contribution in [1.82, 2.24) is 4.98 Å². The van der Waals surface area contributed by atoms with Gasteiger partial charge < -0.3 is 0 Å². The summed E-state index contributed by atoms with van der Waals surface area (Å²) in [6.45, 7) is 0. The van der Waals surface area contributed by atoms with Crippen LogP contribution in [0.3, 0.4) is 0 Å².